The van der Waals surface area contributed by atoms with Crippen molar-refractivity contribution in [2.45, 2.75) is 32.2 Å². The largest absolute Gasteiger partial charge is 0.299 e. The molecular formula is C14H15FN2O. The van der Waals surface area contributed by atoms with E-state index >= 15 is 0 Å². The van der Waals surface area contributed by atoms with Gasteiger partial charge in [-0.15, -0.1) is 0 Å². The van der Waals surface area contributed by atoms with Crippen LogP contribution in [-0.2, 0) is 19.4 Å². The average molecular weight is 246 g/mol. The van der Waals surface area contributed by atoms with E-state index in [1.54, 1.807) is 16.8 Å². The van der Waals surface area contributed by atoms with Crippen LogP contribution in [0.15, 0.2) is 29.1 Å². The molecule has 2 aromatic rings. The summed E-state index contributed by atoms with van der Waals surface area (Å²) in [5.41, 5.74) is 3.02. The van der Waals surface area contributed by atoms with E-state index in [-0.39, 0.29) is 11.4 Å². The third-order valence-electron chi connectivity index (χ3n) is 3.50. The summed E-state index contributed by atoms with van der Waals surface area (Å²) in [6.07, 6.45) is 4.07. The zero-order chi connectivity index (χ0) is 12.5. The zero-order valence-corrected chi connectivity index (χ0v) is 10.1. The van der Waals surface area contributed by atoms with Crippen molar-refractivity contribution in [3.8, 4) is 0 Å². The van der Waals surface area contributed by atoms with E-state index in [0.29, 0.717) is 6.54 Å². The van der Waals surface area contributed by atoms with Crippen LogP contribution in [0, 0.1) is 5.82 Å². The van der Waals surface area contributed by atoms with Gasteiger partial charge in [0.2, 0.25) is 0 Å². The molecule has 0 aliphatic heterocycles. The van der Waals surface area contributed by atoms with E-state index in [9.17, 15) is 9.18 Å². The number of hydrogen-bond donors (Lipinski definition) is 1. The van der Waals surface area contributed by atoms with Crippen LogP contribution in [0.4, 0.5) is 4.39 Å². The fourth-order valence-electron chi connectivity index (χ4n) is 2.53. The number of aromatic nitrogens is 2. The van der Waals surface area contributed by atoms with Crippen LogP contribution in [0.2, 0.25) is 0 Å². The van der Waals surface area contributed by atoms with Crippen molar-refractivity contribution in [3.63, 3.8) is 0 Å². The van der Waals surface area contributed by atoms with Gasteiger partial charge in [-0.2, -0.15) is 0 Å². The minimum Gasteiger partial charge on any atom is -0.299 e. The van der Waals surface area contributed by atoms with Crippen LogP contribution in [0.25, 0.3) is 0 Å². The maximum atomic E-state index is 12.8. The monoisotopic (exact) mass is 246 g/mol. The SMILES string of the molecule is O=c1c2c([nH]n1Cc1ccc(F)cc1)CCCC2. The highest BCUT2D eigenvalue weighted by Gasteiger charge is 2.17. The number of nitrogens with one attached hydrogen (secondary N) is 1. The molecule has 0 atom stereocenters. The molecule has 1 aromatic heterocycles. The van der Waals surface area contributed by atoms with Gasteiger partial charge < -0.3 is 0 Å². The Bertz CT molecular complexity index is 610. The number of fused-ring (bicyclic) bond motifs is 1. The highest BCUT2D eigenvalue weighted by molar-refractivity contribution is 5.22. The van der Waals surface area contributed by atoms with Crippen LogP contribution in [0.3, 0.4) is 0 Å². The second-order valence-electron chi connectivity index (χ2n) is 4.79. The first-order valence-corrected chi connectivity index (χ1v) is 6.29. The molecule has 0 amide bonds. The summed E-state index contributed by atoms with van der Waals surface area (Å²) in [7, 11) is 0. The number of aromatic amines is 1. The van der Waals surface area contributed by atoms with E-state index in [4.69, 9.17) is 0 Å². The summed E-state index contributed by atoms with van der Waals surface area (Å²) >= 11 is 0. The molecule has 1 aliphatic carbocycles. The van der Waals surface area contributed by atoms with Gasteiger partial charge in [0, 0.05) is 11.3 Å². The van der Waals surface area contributed by atoms with Crippen molar-refractivity contribution in [1.82, 2.24) is 9.78 Å². The van der Waals surface area contributed by atoms with Crippen LogP contribution < -0.4 is 5.56 Å². The van der Waals surface area contributed by atoms with Crippen molar-refractivity contribution >= 4 is 0 Å². The van der Waals surface area contributed by atoms with Crippen molar-refractivity contribution in [2.24, 2.45) is 0 Å². The third-order valence-corrected chi connectivity index (χ3v) is 3.50. The maximum Gasteiger partial charge on any atom is 0.270 e. The Labute approximate surface area is 104 Å². The molecule has 0 bridgehead atoms. The Morgan fingerprint density at radius 3 is 2.61 bits per heavy atom. The van der Waals surface area contributed by atoms with Gasteiger partial charge in [0.1, 0.15) is 5.82 Å². The Hall–Kier alpha value is -1.84. The number of hydrogen-bond acceptors (Lipinski definition) is 1. The van der Waals surface area contributed by atoms with Gasteiger partial charge in [-0.25, -0.2) is 9.07 Å². The molecule has 94 valence electrons. The Kier molecular flexibility index (Phi) is 2.78. The Morgan fingerprint density at radius 1 is 1.17 bits per heavy atom. The van der Waals surface area contributed by atoms with Crippen molar-refractivity contribution < 1.29 is 4.39 Å². The Balaban J connectivity index is 1.91. The van der Waals surface area contributed by atoms with Crippen molar-refractivity contribution in [2.75, 3.05) is 0 Å². The molecule has 1 aliphatic rings. The first-order valence-electron chi connectivity index (χ1n) is 6.29. The van der Waals surface area contributed by atoms with Crippen LogP contribution in [0.1, 0.15) is 29.7 Å². The molecule has 18 heavy (non-hydrogen) atoms. The molecule has 0 unspecified atom stereocenters. The fraction of sp³-hybridized carbons (Fsp3) is 0.357. The highest BCUT2D eigenvalue weighted by atomic mass is 19.1. The van der Waals surface area contributed by atoms with E-state index < -0.39 is 0 Å². The molecule has 0 saturated heterocycles. The quantitative estimate of drug-likeness (QED) is 0.867. The van der Waals surface area contributed by atoms with Gasteiger partial charge in [0.05, 0.1) is 6.54 Å². The predicted molar refractivity (Wildman–Crippen MR) is 67.2 cm³/mol. The number of halogens is 1. The number of nitrogens with zero attached hydrogens (tertiary/aromatic N) is 1. The lowest BCUT2D eigenvalue weighted by atomic mass is 9.98. The predicted octanol–water partition coefficient (Wildman–Crippen LogP) is 2.24. The third kappa shape index (κ3) is 1.98. The summed E-state index contributed by atoms with van der Waals surface area (Å²) in [6.45, 7) is 0.478. The van der Waals surface area contributed by atoms with Gasteiger partial charge in [-0.3, -0.25) is 9.89 Å². The van der Waals surface area contributed by atoms with Crippen molar-refractivity contribution in [3.05, 3.63) is 57.3 Å². The van der Waals surface area contributed by atoms with Crippen molar-refractivity contribution in [1.29, 1.82) is 0 Å². The molecule has 0 spiro atoms. The van der Waals surface area contributed by atoms with E-state index in [2.05, 4.69) is 5.10 Å². The molecule has 0 radical (unpaired) electrons. The number of H-pyrrole nitrogens is 1. The number of aryl methyl sites for hydroxylation is 1. The molecule has 3 nitrogen and oxygen atoms in total. The van der Waals surface area contributed by atoms with Gasteiger partial charge in [0.15, 0.2) is 0 Å². The summed E-state index contributed by atoms with van der Waals surface area (Å²) in [5.74, 6) is -0.253. The lowest BCUT2D eigenvalue weighted by Crippen LogP contribution is -2.20. The second-order valence-corrected chi connectivity index (χ2v) is 4.79. The van der Waals surface area contributed by atoms with Gasteiger partial charge in [-0.05, 0) is 43.4 Å². The summed E-state index contributed by atoms with van der Waals surface area (Å²) in [4.78, 5) is 12.1. The lowest BCUT2D eigenvalue weighted by Gasteiger charge is -2.07. The van der Waals surface area contributed by atoms with Crippen LogP contribution in [-0.4, -0.2) is 9.78 Å². The fourth-order valence-corrected chi connectivity index (χ4v) is 2.53. The summed E-state index contributed by atoms with van der Waals surface area (Å²) < 4.78 is 14.4. The first-order chi connectivity index (χ1) is 8.74. The van der Waals surface area contributed by atoms with Crippen LogP contribution >= 0.6 is 0 Å². The topological polar surface area (TPSA) is 37.8 Å². The smallest absolute Gasteiger partial charge is 0.270 e. The van der Waals surface area contributed by atoms with Gasteiger partial charge >= 0.3 is 0 Å². The van der Waals surface area contributed by atoms with E-state index in [1.807, 2.05) is 0 Å². The van der Waals surface area contributed by atoms with Gasteiger partial charge in [-0.1, -0.05) is 12.1 Å². The molecule has 0 fully saturated rings. The molecule has 3 rings (SSSR count). The zero-order valence-electron chi connectivity index (χ0n) is 10.1. The standard InChI is InChI=1S/C14H15FN2O/c15-11-7-5-10(6-8-11)9-17-14(18)12-3-1-2-4-13(12)16-17/h5-8,16H,1-4,9H2. The minimum absolute atomic E-state index is 0.0778. The Morgan fingerprint density at radius 2 is 1.89 bits per heavy atom. The van der Waals surface area contributed by atoms with E-state index in [1.165, 1.54) is 12.1 Å². The molecule has 0 saturated carbocycles. The first kappa shape index (κ1) is 11.3. The molecule has 1 N–H and O–H groups in total. The molecule has 1 aromatic carbocycles. The van der Waals surface area contributed by atoms with E-state index in [0.717, 1.165) is 42.5 Å². The minimum atomic E-state index is -0.253. The molecule has 4 heteroatoms. The molecule has 1 heterocycles. The number of rotatable bonds is 2. The number of benzene rings is 1. The summed E-state index contributed by atoms with van der Waals surface area (Å²) in [6, 6.07) is 6.26. The maximum absolute atomic E-state index is 12.8. The van der Waals surface area contributed by atoms with Crippen LogP contribution in [0.5, 0.6) is 0 Å². The normalized spacial score (nSPS) is 14.5. The summed E-state index contributed by atoms with van der Waals surface area (Å²) in [5, 5.41) is 3.18. The average Bonchev–Trinajstić information content (AvgIpc) is 2.70. The second kappa shape index (κ2) is 4.44. The lowest BCUT2D eigenvalue weighted by molar-refractivity contribution is 0.620. The highest BCUT2D eigenvalue weighted by Crippen LogP contribution is 2.16. The molecular weight excluding hydrogens is 231 g/mol. The van der Waals surface area contributed by atoms with Gasteiger partial charge in [0.25, 0.3) is 5.56 Å².